The van der Waals surface area contributed by atoms with Crippen LogP contribution in [-0.4, -0.2) is 65.0 Å². The molecule has 0 radical (unpaired) electrons. The summed E-state index contributed by atoms with van der Waals surface area (Å²) in [5, 5.41) is 5.88. The lowest BCUT2D eigenvalue weighted by atomic mass is 10.2. The smallest absolute Gasteiger partial charge is 0.279 e. The van der Waals surface area contributed by atoms with Crippen molar-refractivity contribution >= 4 is 38.9 Å². The Bertz CT molecular complexity index is 784. The quantitative estimate of drug-likeness (QED) is 0.546. The van der Waals surface area contributed by atoms with Crippen LogP contribution in [0.2, 0.25) is 5.02 Å². The zero-order valence-electron chi connectivity index (χ0n) is 14.7. The molecule has 2 amide bonds. The lowest BCUT2D eigenvalue weighted by Crippen LogP contribution is -3.11. The van der Waals surface area contributed by atoms with Crippen LogP contribution in [0.1, 0.15) is 6.42 Å². The number of halogens is 1. The molecule has 1 aliphatic heterocycles. The van der Waals surface area contributed by atoms with Gasteiger partial charge in [0.2, 0.25) is 0 Å². The van der Waals surface area contributed by atoms with Crippen LogP contribution in [0.5, 0.6) is 5.75 Å². The van der Waals surface area contributed by atoms with E-state index < -0.39 is 9.84 Å². The minimum absolute atomic E-state index is 0.0210. The van der Waals surface area contributed by atoms with E-state index in [4.69, 9.17) is 16.3 Å². The molecule has 1 aromatic rings. The molecule has 2 rings (SSSR count). The van der Waals surface area contributed by atoms with Crippen LogP contribution in [0.25, 0.3) is 0 Å². The number of amides is 2. The van der Waals surface area contributed by atoms with Gasteiger partial charge in [0.15, 0.2) is 22.9 Å². The van der Waals surface area contributed by atoms with Gasteiger partial charge in [-0.3, -0.25) is 9.59 Å². The first-order valence-corrected chi connectivity index (χ1v) is 10.3. The Morgan fingerprint density at radius 1 is 1.31 bits per heavy atom. The van der Waals surface area contributed by atoms with Crippen molar-refractivity contribution in [3.8, 4) is 5.75 Å². The number of hydrogen-bond donors (Lipinski definition) is 3. The second-order valence-corrected chi connectivity index (χ2v) is 9.04. The van der Waals surface area contributed by atoms with E-state index >= 15 is 0 Å². The predicted molar refractivity (Wildman–Crippen MR) is 98.5 cm³/mol. The summed E-state index contributed by atoms with van der Waals surface area (Å²) in [4.78, 5) is 24.8. The van der Waals surface area contributed by atoms with Gasteiger partial charge < -0.3 is 20.3 Å². The SMILES string of the molecule is COc1ccc(Cl)cc1NC(=O)C[NH+](C)CC(=O)N[C@@H]1CCS(=O)(=O)C1. The Labute approximate surface area is 157 Å². The van der Waals surface area contributed by atoms with Crippen LogP contribution in [0.3, 0.4) is 0 Å². The number of methoxy groups -OCH3 is 1. The van der Waals surface area contributed by atoms with Crippen LogP contribution in [0, 0.1) is 0 Å². The number of benzene rings is 1. The summed E-state index contributed by atoms with van der Waals surface area (Å²) in [7, 11) is 0.156. The molecular weight excluding hydrogens is 382 g/mol. The highest BCUT2D eigenvalue weighted by Gasteiger charge is 2.29. The van der Waals surface area contributed by atoms with Gasteiger partial charge in [-0.1, -0.05) is 11.6 Å². The Hall–Kier alpha value is -1.84. The molecule has 2 atom stereocenters. The first kappa shape index (κ1) is 20.5. The van der Waals surface area contributed by atoms with E-state index in [1.807, 2.05) is 0 Å². The van der Waals surface area contributed by atoms with Crippen molar-refractivity contribution in [1.29, 1.82) is 0 Å². The summed E-state index contributed by atoms with van der Waals surface area (Å²) in [6.07, 6.45) is 0.433. The minimum Gasteiger partial charge on any atom is -0.495 e. The first-order valence-electron chi connectivity index (χ1n) is 8.13. The van der Waals surface area contributed by atoms with Gasteiger partial charge in [-0.25, -0.2) is 8.42 Å². The molecule has 0 bridgehead atoms. The highest BCUT2D eigenvalue weighted by Crippen LogP contribution is 2.27. The molecular formula is C16H23ClN3O5S+. The molecule has 0 aromatic heterocycles. The summed E-state index contributed by atoms with van der Waals surface area (Å²) in [6.45, 7) is 0.128. The van der Waals surface area contributed by atoms with Crippen molar-refractivity contribution in [2.75, 3.05) is 44.1 Å². The van der Waals surface area contributed by atoms with Gasteiger partial charge in [0.05, 0.1) is 31.4 Å². The Morgan fingerprint density at radius 3 is 2.62 bits per heavy atom. The standard InChI is InChI=1S/C16H22ClN3O5S/c1-20(8-15(21)18-12-5-6-26(23,24)10-12)9-16(22)19-13-7-11(17)3-4-14(13)25-2/h3-4,7,12H,5-6,8-10H2,1-2H3,(H,18,21)(H,19,22)/p+1/t12-/m1/s1. The number of ether oxygens (including phenoxy) is 1. The largest absolute Gasteiger partial charge is 0.495 e. The number of anilines is 1. The van der Waals surface area contributed by atoms with Crippen LogP contribution >= 0.6 is 11.6 Å². The van der Waals surface area contributed by atoms with E-state index in [1.54, 1.807) is 25.2 Å². The Morgan fingerprint density at radius 2 is 2.00 bits per heavy atom. The third-order valence-corrected chi connectivity index (χ3v) is 5.96. The topological polar surface area (TPSA) is 106 Å². The lowest BCUT2D eigenvalue weighted by Gasteiger charge is -2.16. The van der Waals surface area contributed by atoms with E-state index in [0.29, 0.717) is 27.8 Å². The Balaban J connectivity index is 1.82. The van der Waals surface area contributed by atoms with Crippen molar-refractivity contribution in [2.45, 2.75) is 12.5 Å². The highest BCUT2D eigenvalue weighted by molar-refractivity contribution is 7.91. The van der Waals surface area contributed by atoms with Crippen LogP contribution in [0.4, 0.5) is 5.69 Å². The van der Waals surface area contributed by atoms with E-state index in [2.05, 4.69) is 10.6 Å². The fourth-order valence-corrected chi connectivity index (χ4v) is 4.62. The van der Waals surface area contributed by atoms with Crippen molar-refractivity contribution in [1.82, 2.24) is 5.32 Å². The average Bonchev–Trinajstić information content (AvgIpc) is 2.85. The summed E-state index contributed by atoms with van der Waals surface area (Å²) >= 11 is 5.93. The summed E-state index contributed by atoms with van der Waals surface area (Å²) in [6, 6.07) is 4.55. The lowest BCUT2D eigenvalue weighted by molar-refractivity contribution is -0.862. The maximum Gasteiger partial charge on any atom is 0.279 e. The fraction of sp³-hybridized carbons (Fsp3) is 0.500. The molecule has 0 saturated carbocycles. The van der Waals surface area contributed by atoms with E-state index in [-0.39, 0.29) is 42.5 Å². The number of rotatable bonds is 7. The maximum absolute atomic E-state index is 12.2. The molecule has 0 aliphatic carbocycles. The van der Waals surface area contributed by atoms with Gasteiger partial charge in [0, 0.05) is 11.1 Å². The number of carbonyl (C=O) groups excluding carboxylic acids is 2. The first-order chi connectivity index (χ1) is 12.2. The van der Waals surface area contributed by atoms with E-state index in [9.17, 15) is 18.0 Å². The van der Waals surface area contributed by atoms with E-state index in [0.717, 1.165) is 0 Å². The molecule has 1 fully saturated rings. The van der Waals surface area contributed by atoms with Gasteiger partial charge in [-0.2, -0.15) is 0 Å². The third kappa shape index (κ3) is 6.15. The molecule has 1 saturated heterocycles. The number of carbonyl (C=O) groups is 2. The molecule has 1 unspecified atom stereocenters. The molecule has 26 heavy (non-hydrogen) atoms. The van der Waals surface area contributed by atoms with Crippen LogP contribution in [-0.2, 0) is 19.4 Å². The minimum atomic E-state index is -3.04. The number of nitrogens with one attached hydrogen (secondary N) is 3. The van der Waals surface area contributed by atoms with Gasteiger partial charge in [0.1, 0.15) is 5.75 Å². The zero-order valence-corrected chi connectivity index (χ0v) is 16.2. The zero-order chi connectivity index (χ0) is 19.3. The van der Waals surface area contributed by atoms with Crippen LogP contribution < -0.4 is 20.3 Å². The second kappa shape index (κ2) is 8.70. The second-order valence-electron chi connectivity index (χ2n) is 6.37. The van der Waals surface area contributed by atoms with Gasteiger partial charge in [-0.05, 0) is 24.6 Å². The maximum atomic E-state index is 12.2. The molecule has 1 aromatic carbocycles. The van der Waals surface area contributed by atoms with Crippen molar-refractivity contribution < 1.29 is 27.6 Å². The summed E-state index contributed by atoms with van der Waals surface area (Å²) in [5.41, 5.74) is 0.457. The van der Waals surface area contributed by atoms with Gasteiger partial charge in [0.25, 0.3) is 11.8 Å². The van der Waals surface area contributed by atoms with E-state index in [1.165, 1.54) is 7.11 Å². The number of sulfone groups is 1. The molecule has 8 nitrogen and oxygen atoms in total. The number of quaternary nitrogens is 1. The number of likely N-dealkylation sites (N-methyl/N-ethyl adjacent to an activating group) is 1. The monoisotopic (exact) mass is 404 g/mol. The average molecular weight is 405 g/mol. The highest BCUT2D eigenvalue weighted by atomic mass is 35.5. The van der Waals surface area contributed by atoms with Crippen molar-refractivity contribution in [3.05, 3.63) is 23.2 Å². The van der Waals surface area contributed by atoms with Gasteiger partial charge >= 0.3 is 0 Å². The van der Waals surface area contributed by atoms with Crippen molar-refractivity contribution in [3.63, 3.8) is 0 Å². The molecule has 1 heterocycles. The summed E-state index contributed by atoms with van der Waals surface area (Å²) < 4.78 is 28.0. The Kier molecular flexibility index (Phi) is 6.85. The molecule has 144 valence electrons. The summed E-state index contributed by atoms with van der Waals surface area (Å²) in [5.74, 6) is -0.00482. The molecule has 3 N–H and O–H groups in total. The number of hydrogen-bond acceptors (Lipinski definition) is 5. The normalized spacial score (nSPS) is 19.6. The molecule has 10 heteroatoms. The molecule has 1 aliphatic rings. The van der Waals surface area contributed by atoms with Crippen LogP contribution in [0.15, 0.2) is 18.2 Å². The predicted octanol–water partition coefficient (Wildman–Crippen LogP) is -0.895. The van der Waals surface area contributed by atoms with Crippen molar-refractivity contribution in [2.24, 2.45) is 0 Å². The third-order valence-electron chi connectivity index (χ3n) is 3.96. The fourth-order valence-electron chi connectivity index (χ4n) is 2.77. The molecule has 0 spiro atoms. The van der Waals surface area contributed by atoms with Gasteiger partial charge in [-0.15, -0.1) is 0 Å².